The highest BCUT2D eigenvalue weighted by atomic mass is 16.2. The normalized spacial score (nSPS) is 21.5. The number of carbonyl (C=O) groups is 1. The van der Waals surface area contributed by atoms with Crippen LogP contribution in [0.4, 0.5) is 5.69 Å². The quantitative estimate of drug-likeness (QED) is 0.912. The molecule has 0 bridgehead atoms. The van der Waals surface area contributed by atoms with Crippen molar-refractivity contribution in [3.05, 3.63) is 42.2 Å². The molecule has 2 aromatic rings. The maximum absolute atomic E-state index is 12.5. The summed E-state index contributed by atoms with van der Waals surface area (Å²) in [5, 5.41) is 6.44. The molecule has 5 heteroatoms. The lowest BCUT2D eigenvalue weighted by Crippen LogP contribution is -2.31. The standard InChI is InChI=1S/C19H22N4O/c1-13-6-9-21-17(22-13)14-2-4-15(5-3-14)23-18(24)16-12-19(16)7-10-20-11-8-19/h2-6,9,16,20H,7-8,10-12H2,1H3,(H,23,24). The minimum absolute atomic E-state index is 0.163. The van der Waals surface area contributed by atoms with Gasteiger partial charge in [-0.15, -0.1) is 0 Å². The van der Waals surface area contributed by atoms with Crippen LogP contribution >= 0.6 is 0 Å². The summed E-state index contributed by atoms with van der Waals surface area (Å²) in [6.07, 6.45) is 5.04. The number of aromatic nitrogens is 2. The van der Waals surface area contributed by atoms with Crippen molar-refractivity contribution >= 4 is 11.6 Å². The minimum Gasteiger partial charge on any atom is -0.326 e. The van der Waals surface area contributed by atoms with E-state index in [0.29, 0.717) is 5.82 Å². The summed E-state index contributed by atoms with van der Waals surface area (Å²) >= 11 is 0. The van der Waals surface area contributed by atoms with Crippen LogP contribution in [0.25, 0.3) is 11.4 Å². The van der Waals surface area contributed by atoms with Gasteiger partial charge in [0, 0.05) is 29.1 Å². The van der Waals surface area contributed by atoms with Crippen molar-refractivity contribution in [1.29, 1.82) is 0 Å². The number of piperidine rings is 1. The van der Waals surface area contributed by atoms with E-state index in [4.69, 9.17) is 0 Å². The lowest BCUT2D eigenvalue weighted by Gasteiger charge is -2.23. The molecule has 2 fully saturated rings. The van der Waals surface area contributed by atoms with Crippen LogP contribution in [0.2, 0.25) is 0 Å². The van der Waals surface area contributed by atoms with E-state index in [2.05, 4.69) is 20.6 Å². The van der Waals surface area contributed by atoms with Gasteiger partial charge in [0.2, 0.25) is 5.91 Å². The second-order valence-corrected chi connectivity index (χ2v) is 6.96. The molecule has 1 amide bonds. The Hall–Kier alpha value is -2.27. The topological polar surface area (TPSA) is 66.9 Å². The van der Waals surface area contributed by atoms with E-state index < -0.39 is 0 Å². The van der Waals surface area contributed by atoms with Crippen LogP contribution in [-0.4, -0.2) is 29.0 Å². The second-order valence-electron chi connectivity index (χ2n) is 6.96. The number of nitrogens with zero attached hydrogens (tertiary/aromatic N) is 2. The van der Waals surface area contributed by atoms with E-state index >= 15 is 0 Å². The van der Waals surface area contributed by atoms with Crippen LogP contribution in [0.5, 0.6) is 0 Å². The predicted molar refractivity (Wildman–Crippen MR) is 93.5 cm³/mol. The first kappa shape index (κ1) is 15.3. The summed E-state index contributed by atoms with van der Waals surface area (Å²) in [4.78, 5) is 21.2. The average molecular weight is 322 g/mol. The van der Waals surface area contributed by atoms with Crippen molar-refractivity contribution in [1.82, 2.24) is 15.3 Å². The number of aryl methyl sites for hydroxylation is 1. The molecule has 1 aromatic heterocycles. The summed E-state index contributed by atoms with van der Waals surface area (Å²) in [5.41, 5.74) is 3.01. The van der Waals surface area contributed by atoms with Crippen LogP contribution in [0.3, 0.4) is 0 Å². The SMILES string of the molecule is Cc1ccnc(-c2ccc(NC(=O)C3CC34CCNCC4)cc2)n1. The third-order valence-corrected chi connectivity index (χ3v) is 5.31. The third-order valence-electron chi connectivity index (χ3n) is 5.31. The number of nitrogens with one attached hydrogen (secondary N) is 2. The van der Waals surface area contributed by atoms with E-state index in [1.54, 1.807) is 6.20 Å². The molecule has 2 aliphatic rings. The molecule has 2 heterocycles. The molecule has 124 valence electrons. The Morgan fingerprint density at radius 1 is 1.21 bits per heavy atom. The largest absolute Gasteiger partial charge is 0.326 e. The molecular formula is C19H22N4O. The maximum atomic E-state index is 12.5. The van der Waals surface area contributed by atoms with Gasteiger partial charge in [-0.25, -0.2) is 9.97 Å². The fourth-order valence-electron chi connectivity index (χ4n) is 3.72. The highest BCUT2D eigenvalue weighted by molar-refractivity contribution is 5.95. The highest BCUT2D eigenvalue weighted by Crippen LogP contribution is 2.58. The van der Waals surface area contributed by atoms with E-state index in [0.717, 1.165) is 49.3 Å². The van der Waals surface area contributed by atoms with Gasteiger partial charge in [0.1, 0.15) is 0 Å². The van der Waals surface area contributed by atoms with Gasteiger partial charge in [0.25, 0.3) is 0 Å². The monoisotopic (exact) mass is 322 g/mol. The summed E-state index contributed by atoms with van der Waals surface area (Å²) in [6, 6.07) is 9.65. The molecule has 1 atom stereocenters. The second kappa shape index (κ2) is 5.98. The van der Waals surface area contributed by atoms with Crippen LogP contribution < -0.4 is 10.6 Å². The summed E-state index contributed by atoms with van der Waals surface area (Å²) < 4.78 is 0. The van der Waals surface area contributed by atoms with Crippen molar-refractivity contribution in [3.63, 3.8) is 0 Å². The van der Waals surface area contributed by atoms with Crippen LogP contribution in [0.1, 0.15) is 25.0 Å². The third kappa shape index (κ3) is 2.91. The first-order chi connectivity index (χ1) is 11.7. The van der Waals surface area contributed by atoms with E-state index in [1.807, 2.05) is 37.3 Å². The Labute approximate surface area is 141 Å². The zero-order valence-corrected chi connectivity index (χ0v) is 13.9. The molecule has 1 aliphatic carbocycles. The fourth-order valence-corrected chi connectivity index (χ4v) is 3.72. The predicted octanol–water partition coefficient (Wildman–Crippen LogP) is 2.78. The van der Waals surface area contributed by atoms with Gasteiger partial charge in [-0.05, 0) is 75.0 Å². The molecule has 1 saturated heterocycles. The van der Waals surface area contributed by atoms with Crippen LogP contribution in [0, 0.1) is 18.3 Å². The molecule has 4 rings (SSSR count). The van der Waals surface area contributed by atoms with Gasteiger partial charge in [0.05, 0.1) is 0 Å². The smallest absolute Gasteiger partial charge is 0.228 e. The molecule has 1 aromatic carbocycles. The summed E-state index contributed by atoms with van der Waals surface area (Å²) in [5.74, 6) is 1.06. The Bertz CT molecular complexity index is 750. The van der Waals surface area contributed by atoms with Crippen molar-refractivity contribution < 1.29 is 4.79 Å². The highest BCUT2D eigenvalue weighted by Gasteiger charge is 2.57. The molecule has 1 unspecified atom stereocenters. The Morgan fingerprint density at radius 3 is 2.67 bits per heavy atom. The van der Waals surface area contributed by atoms with Crippen molar-refractivity contribution in [2.75, 3.05) is 18.4 Å². The zero-order valence-electron chi connectivity index (χ0n) is 13.9. The van der Waals surface area contributed by atoms with E-state index in [1.165, 1.54) is 0 Å². The van der Waals surface area contributed by atoms with Gasteiger partial charge in [-0.3, -0.25) is 4.79 Å². The first-order valence-electron chi connectivity index (χ1n) is 8.58. The van der Waals surface area contributed by atoms with Gasteiger partial charge < -0.3 is 10.6 Å². The van der Waals surface area contributed by atoms with Crippen molar-refractivity contribution in [2.24, 2.45) is 11.3 Å². The minimum atomic E-state index is 0.163. The summed E-state index contributed by atoms with van der Waals surface area (Å²) in [6.45, 7) is 4.02. The Kier molecular flexibility index (Phi) is 3.81. The fraction of sp³-hybridized carbons (Fsp3) is 0.421. The average Bonchev–Trinajstić information content (AvgIpc) is 3.29. The van der Waals surface area contributed by atoms with Gasteiger partial charge in [-0.1, -0.05) is 0 Å². The molecule has 1 aliphatic heterocycles. The number of rotatable bonds is 3. The van der Waals surface area contributed by atoms with Crippen LogP contribution in [0.15, 0.2) is 36.5 Å². The number of amides is 1. The number of benzene rings is 1. The summed E-state index contributed by atoms with van der Waals surface area (Å²) in [7, 11) is 0. The van der Waals surface area contributed by atoms with Crippen LogP contribution in [-0.2, 0) is 4.79 Å². The Morgan fingerprint density at radius 2 is 1.96 bits per heavy atom. The number of carbonyl (C=O) groups excluding carboxylic acids is 1. The molecule has 0 radical (unpaired) electrons. The number of hydrogen-bond acceptors (Lipinski definition) is 4. The lowest BCUT2D eigenvalue weighted by atomic mass is 9.92. The molecule has 5 nitrogen and oxygen atoms in total. The number of hydrogen-bond donors (Lipinski definition) is 2. The Balaban J connectivity index is 1.42. The maximum Gasteiger partial charge on any atom is 0.228 e. The zero-order chi connectivity index (χ0) is 16.6. The van der Waals surface area contributed by atoms with Crippen molar-refractivity contribution in [3.8, 4) is 11.4 Å². The molecule has 2 N–H and O–H groups in total. The number of anilines is 1. The van der Waals surface area contributed by atoms with Crippen molar-refractivity contribution in [2.45, 2.75) is 26.2 Å². The van der Waals surface area contributed by atoms with Gasteiger partial charge in [-0.2, -0.15) is 0 Å². The van der Waals surface area contributed by atoms with E-state index in [-0.39, 0.29) is 17.2 Å². The molecule has 1 spiro atoms. The lowest BCUT2D eigenvalue weighted by molar-refractivity contribution is -0.118. The molecule has 24 heavy (non-hydrogen) atoms. The van der Waals surface area contributed by atoms with Gasteiger partial charge in [0.15, 0.2) is 5.82 Å². The first-order valence-corrected chi connectivity index (χ1v) is 8.58. The molecule has 1 saturated carbocycles. The molecular weight excluding hydrogens is 300 g/mol. The van der Waals surface area contributed by atoms with Gasteiger partial charge >= 0.3 is 0 Å². The van der Waals surface area contributed by atoms with E-state index in [9.17, 15) is 4.79 Å².